The number of hydrogen-bond acceptors (Lipinski definition) is 1. The van der Waals surface area contributed by atoms with Crippen molar-refractivity contribution in [3.63, 3.8) is 0 Å². The minimum absolute atomic E-state index is 0.0145. The lowest BCUT2D eigenvalue weighted by Gasteiger charge is -2.04. The van der Waals surface area contributed by atoms with Gasteiger partial charge in [-0.25, -0.2) is 0 Å². The largest absolute Gasteiger partial charge is 0.392 e. The summed E-state index contributed by atoms with van der Waals surface area (Å²) in [6, 6.07) is 3.74. The van der Waals surface area contributed by atoms with E-state index in [-0.39, 0.29) is 6.61 Å². The Hall–Kier alpha value is -0.0500. The lowest BCUT2D eigenvalue weighted by molar-refractivity contribution is 0.281. The van der Waals surface area contributed by atoms with Gasteiger partial charge in [-0.1, -0.05) is 23.7 Å². The molecule has 11 heavy (non-hydrogen) atoms. The minimum atomic E-state index is 0.0145. The fourth-order valence-electron chi connectivity index (χ4n) is 0.808. The van der Waals surface area contributed by atoms with Gasteiger partial charge >= 0.3 is 0 Å². The fraction of sp³-hybridized carbons (Fsp3) is 0.250. The van der Waals surface area contributed by atoms with Crippen LogP contribution in [0.25, 0.3) is 0 Å². The molecule has 0 saturated heterocycles. The first-order chi connectivity index (χ1) is 5.16. The van der Waals surface area contributed by atoms with Crippen LogP contribution in [0, 0.1) is 6.92 Å². The summed E-state index contributed by atoms with van der Waals surface area (Å²) in [7, 11) is 0. The standard InChI is InChI=1S/C8H8BrClO/c1-5-2-3-6(4-11)7(9)8(5)10/h2-3,11H,4H2,1H3. The Bertz CT molecular complexity index is 273. The summed E-state index contributed by atoms with van der Waals surface area (Å²) >= 11 is 9.20. The lowest BCUT2D eigenvalue weighted by atomic mass is 10.2. The van der Waals surface area contributed by atoms with Gasteiger partial charge in [-0.15, -0.1) is 0 Å². The van der Waals surface area contributed by atoms with Crippen molar-refractivity contribution in [1.29, 1.82) is 0 Å². The number of aliphatic hydroxyl groups excluding tert-OH is 1. The molecule has 0 aliphatic rings. The molecule has 0 atom stereocenters. The predicted octanol–water partition coefficient (Wildman–Crippen LogP) is 2.90. The van der Waals surface area contributed by atoms with Crippen LogP contribution in [0.2, 0.25) is 5.02 Å². The highest BCUT2D eigenvalue weighted by Crippen LogP contribution is 2.29. The maximum Gasteiger partial charge on any atom is 0.0693 e. The van der Waals surface area contributed by atoms with Gasteiger partial charge in [0, 0.05) is 4.47 Å². The molecule has 1 aromatic rings. The summed E-state index contributed by atoms with van der Waals surface area (Å²) in [4.78, 5) is 0. The van der Waals surface area contributed by atoms with Crippen LogP contribution >= 0.6 is 27.5 Å². The highest BCUT2D eigenvalue weighted by atomic mass is 79.9. The second kappa shape index (κ2) is 3.57. The average molecular weight is 236 g/mol. The Balaban J connectivity index is 3.25. The molecule has 0 unspecified atom stereocenters. The molecule has 0 fully saturated rings. The number of benzene rings is 1. The van der Waals surface area contributed by atoms with E-state index in [4.69, 9.17) is 16.7 Å². The maximum absolute atomic E-state index is 8.85. The number of halogens is 2. The predicted molar refractivity (Wildman–Crippen MR) is 49.8 cm³/mol. The minimum Gasteiger partial charge on any atom is -0.392 e. The Morgan fingerprint density at radius 3 is 2.73 bits per heavy atom. The Morgan fingerprint density at radius 1 is 1.55 bits per heavy atom. The van der Waals surface area contributed by atoms with Gasteiger partial charge in [-0.2, -0.15) is 0 Å². The molecule has 0 radical (unpaired) electrons. The molecule has 0 aromatic heterocycles. The van der Waals surface area contributed by atoms with Crippen molar-refractivity contribution in [3.8, 4) is 0 Å². The summed E-state index contributed by atoms with van der Waals surface area (Å²) in [6.45, 7) is 1.94. The van der Waals surface area contributed by atoms with E-state index in [9.17, 15) is 0 Å². The van der Waals surface area contributed by atoms with E-state index in [0.717, 1.165) is 15.6 Å². The third-order valence-electron chi connectivity index (χ3n) is 1.53. The van der Waals surface area contributed by atoms with Crippen LogP contribution in [0.15, 0.2) is 16.6 Å². The highest BCUT2D eigenvalue weighted by molar-refractivity contribution is 9.10. The van der Waals surface area contributed by atoms with E-state index < -0.39 is 0 Å². The molecule has 1 rings (SSSR count). The summed E-state index contributed by atoms with van der Waals surface area (Å²) in [5.74, 6) is 0. The zero-order valence-electron chi connectivity index (χ0n) is 6.06. The van der Waals surface area contributed by atoms with Crippen molar-refractivity contribution in [1.82, 2.24) is 0 Å². The highest BCUT2D eigenvalue weighted by Gasteiger charge is 2.04. The average Bonchev–Trinajstić information content (AvgIpc) is 2.01. The van der Waals surface area contributed by atoms with Crippen LogP contribution in [0.4, 0.5) is 0 Å². The van der Waals surface area contributed by atoms with E-state index in [2.05, 4.69) is 15.9 Å². The molecule has 0 aliphatic carbocycles. The summed E-state index contributed by atoms with van der Waals surface area (Å²) < 4.78 is 0.793. The van der Waals surface area contributed by atoms with Crippen LogP contribution in [0.3, 0.4) is 0 Å². The third-order valence-corrected chi connectivity index (χ3v) is 3.15. The van der Waals surface area contributed by atoms with Crippen molar-refractivity contribution in [2.24, 2.45) is 0 Å². The number of rotatable bonds is 1. The van der Waals surface area contributed by atoms with Gasteiger partial charge in [0.15, 0.2) is 0 Å². The smallest absolute Gasteiger partial charge is 0.0693 e. The third kappa shape index (κ3) is 1.75. The van der Waals surface area contributed by atoms with Crippen LogP contribution in [0.1, 0.15) is 11.1 Å². The van der Waals surface area contributed by atoms with Gasteiger partial charge in [0.2, 0.25) is 0 Å². The zero-order valence-corrected chi connectivity index (χ0v) is 8.41. The van der Waals surface area contributed by atoms with Gasteiger partial charge < -0.3 is 5.11 Å². The molecule has 0 saturated carbocycles. The van der Waals surface area contributed by atoms with Crippen LogP contribution in [0.5, 0.6) is 0 Å². The van der Waals surface area contributed by atoms with E-state index in [0.29, 0.717) is 5.02 Å². The topological polar surface area (TPSA) is 20.2 Å². The van der Waals surface area contributed by atoms with Crippen LogP contribution < -0.4 is 0 Å². The first-order valence-corrected chi connectivity index (χ1v) is 4.38. The second-order valence-electron chi connectivity index (χ2n) is 2.33. The van der Waals surface area contributed by atoms with E-state index in [1.807, 2.05) is 19.1 Å². The number of aryl methyl sites for hydroxylation is 1. The molecule has 0 amide bonds. The zero-order chi connectivity index (χ0) is 8.43. The molecule has 3 heteroatoms. The van der Waals surface area contributed by atoms with E-state index in [1.165, 1.54) is 0 Å². The molecular formula is C8H8BrClO. The summed E-state index contributed by atoms with van der Waals surface area (Å²) in [5.41, 5.74) is 1.83. The molecule has 60 valence electrons. The molecular weight excluding hydrogens is 227 g/mol. The molecule has 0 heterocycles. The van der Waals surface area contributed by atoms with E-state index in [1.54, 1.807) is 0 Å². The Morgan fingerprint density at radius 2 is 2.18 bits per heavy atom. The number of hydrogen-bond donors (Lipinski definition) is 1. The molecule has 0 bridgehead atoms. The van der Waals surface area contributed by atoms with Crippen molar-refractivity contribution in [2.45, 2.75) is 13.5 Å². The molecule has 1 N–H and O–H groups in total. The molecule has 1 aromatic carbocycles. The second-order valence-corrected chi connectivity index (χ2v) is 3.50. The number of aliphatic hydroxyl groups is 1. The quantitative estimate of drug-likeness (QED) is 0.793. The van der Waals surface area contributed by atoms with Crippen molar-refractivity contribution >= 4 is 27.5 Å². The molecule has 0 aliphatic heterocycles. The summed E-state index contributed by atoms with van der Waals surface area (Å²) in [6.07, 6.45) is 0. The van der Waals surface area contributed by atoms with Gasteiger partial charge in [0.05, 0.1) is 11.6 Å². The first kappa shape index (κ1) is 9.04. The van der Waals surface area contributed by atoms with E-state index >= 15 is 0 Å². The van der Waals surface area contributed by atoms with Crippen LogP contribution in [-0.4, -0.2) is 5.11 Å². The van der Waals surface area contributed by atoms with Crippen molar-refractivity contribution < 1.29 is 5.11 Å². The van der Waals surface area contributed by atoms with Gasteiger partial charge in [-0.3, -0.25) is 0 Å². The van der Waals surface area contributed by atoms with Gasteiger partial charge in [-0.05, 0) is 34.0 Å². The van der Waals surface area contributed by atoms with Crippen molar-refractivity contribution in [2.75, 3.05) is 0 Å². The Kier molecular flexibility index (Phi) is 2.93. The summed E-state index contributed by atoms with van der Waals surface area (Å²) in [5, 5.41) is 9.52. The lowest BCUT2D eigenvalue weighted by Crippen LogP contribution is -1.87. The first-order valence-electron chi connectivity index (χ1n) is 3.21. The van der Waals surface area contributed by atoms with Crippen LogP contribution in [-0.2, 0) is 6.61 Å². The Labute approximate surface area is 79.1 Å². The molecule has 0 spiro atoms. The monoisotopic (exact) mass is 234 g/mol. The van der Waals surface area contributed by atoms with Gasteiger partial charge in [0.25, 0.3) is 0 Å². The molecule has 1 nitrogen and oxygen atoms in total. The maximum atomic E-state index is 8.85. The van der Waals surface area contributed by atoms with Gasteiger partial charge in [0.1, 0.15) is 0 Å². The van der Waals surface area contributed by atoms with Crippen molar-refractivity contribution in [3.05, 3.63) is 32.8 Å². The fourth-order valence-corrected chi connectivity index (χ4v) is 1.56. The normalized spacial score (nSPS) is 10.2. The SMILES string of the molecule is Cc1ccc(CO)c(Br)c1Cl.